The van der Waals surface area contributed by atoms with Crippen molar-refractivity contribution in [3.63, 3.8) is 0 Å². The summed E-state index contributed by atoms with van der Waals surface area (Å²) in [5, 5.41) is 9.75. The standard InChI is InChI=1S/C24H24N2O4/c1-4-28-24(27)21-16(3)30-23(26)19(13-25)22(21)18-7-5-6-8-20(18)29-14-17-11-9-15(2)10-12-17/h5-12,22H,4,14,26H2,1-3H3. The maximum Gasteiger partial charge on any atom is 0.338 e. The van der Waals surface area contributed by atoms with Crippen molar-refractivity contribution in [2.45, 2.75) is 33.3 Å². The molecule has 1 heterocycles. The molecule has 1 aliphatic rings. The number of hydrogen-bond acceptors (Lipinski definition) is 6. The van der Waals surface area contributed by atoms with E-state index in [-0.39, 0.29) is 23.6 Å². The summed E-state index contributed by atoms with van der Waals surface area (Å²) in [6.07, 6.45) is 0. The summed E-state index contributed by atoms with van der Waals surface area (Å²) in [5.74, 6) is -0.449. The fourth-order valence-electron chi connectivity index (χ4n) is 3.36. The van der Waals surface area contributed by atoms with E-state index in [0.29, 0.717) is 23.7 Å². The van der Waals surface area contributed by atoms with Crippen molar-refractivity contribution < 1.29 is 19.0 Å². The third-order valence-electron chi connectivity index (χ3n) is 4.85. The second-order valence-corrected chi connectivity index (χ2v) is 6.93. The molecule has 0 amide bonds. The van der Waals surface area contributed by atoms with E-state index in [2.05, 4.69) is 6.07 Å². The van der Waals surface area contributed by atoms with E-state index < -0.39 is 11.9 Å². The first kappa shape index (κ1) is 21.0. The summed E-state index contributed by atoms with van der Waals surface area (Å²) < 4.78 is 16.8. The molecular formula is C24H24N2O4. The fraction of sp³-hybridized carbons (Fsp3) is 0.250. The van der Waals surface area contributed by atoms with E-state index in [9.17, 15) is 10.1 Å². The minimum absolute atomic E-state index is 0.0265. The van der Waals surface area contributed by atoms with Crippen molar-refractivity contribution in [3.05, 3.63) is 88.0 Å². The Balaban J connectivity index is 2.02. The molecule has 154 valence electrons. The molecule has 2 aromatic carbocycles. The van der Waals surface area contributed by atoms with Gasteiger partial charge < -0.3 is 19.9 Å². The first-order valence-electron chi connectivity index (χ1n) is 9.69. The van der Waals surface area contributed by atoms with Gasteiger partial charge in [-0.05, 0) is 32.4 Å². The van der Waals surface area contributed by atoms with Gasteiger partial charge in [0.15, 0.2) is 0 Å². The van der Waals surface area contributed by atoms with Gasteiger partial charge in [0.25, 0.3) is 0 Å². The molecule has 6 nitrogen and oxygen atoms in total. The van der Waals surface area contributed by atoms with Crippen LogP contribution in [0.5, 0.6) is 5.75 Å². The summed E-state index contributed by atoms with van der Waals surface area (Å²) in [6.45, 7) is 5.93. The molecule has 0 spiro atoms. The summed E-state index contributed by atoms with van der Waals surface area (Å²) in [4.78, 5) is 12.7. The number of esters is 1. The van der Waals surface area contributed by atoms with E-state index in [4.69, 9.17) is 19.9 Å². The SMILES string of the molecule is CCOC(=O)C1=C(C)OC(N)=C(C#N)C1c1ccccc1OCc1ccc(C)cc1. The van der Waals surface area contributed by atoms with E-state index in [1.54, 1.807) is 13.8 Å². The Kier molecular flexibility index (Phi) is 6.43. The Morgan fingerprint density at radius 2 is 1.87 bits per heavy atom. The molecular weight excluding hydrogens is 380 g/mol. The predicted molar refractivity (Wildman–Crippen MR) is 112 cm³/mol. The Bertz CT molecular complexity index is 1050. The number of nitrogens with two attached hydrogens (primary N) is 1. The molecule has 0 saturated heterocycles. The quantitative estimate of drug-likeness (QED) is 0.725. The van der Waals surface area contributed by atoms with Crippen molar-refractivity contribution in [2.75, 3.05) is 6.61 Å². The van der Waals surface area contributed by atoms with Crippen LogP contribution in [-0.4, -0.2) is 12.6 Å². The summed E-state index contributed by atoms with van der Waals surface area (Å²) in [5.41, 5.74) is 9.20. The van der Waals surface area contributed by atoms with Crippen molar-refractivity contribution in [1.29, 1.82) is 5.26 Å². The zero-order chi connectivity index (χ0) is 21.7. The van der Waals surface area contributed by atoms with Crippen LogP contribution in [0, 0.1) is 18.3 Å². The number of rotatable bonds is 6. The van der Waals surface area contributed by atoms with E-state index in [1.165, 1.54) is 5.56 Å². The highest BCUT2D eigenvalue weighted by molar-refractivity contribution is 5.92. The lowest BCUT2D eigenvalue weighted by Crippen LogP contribution is -2.26. The zero-order valence-electron chi connectivity index (χ0n) is 17.3. The average molecular weight is 404 g/mol. The Labute approximate surface area is 176 Å². The molecule has 3 rings (SSSR count). The van der Waals surface area contributed by atoms with E-state index >= 15 is 0 Å². The number of carbonyl (C=O) groups excluding carboxylic acids is 1. The molecule has 1 unspecified atom stereocenters. The number of ether oxygens (including phenoxy) is 3. The maximum atomic E-state index is 12.7. The average Bonchev–Trinajstić information content (AvgIpc) is 2.73. The number of nitrogens with zero attached hydrogens (tertiary/aromatic N) is 1. The molecule has 0 aliphatic carbocycles. The van der Waals surface area contributed by atoms with Crippen LogP contribution < -0.4 is 10.5 Å². The molecule has 0 bridgehead atoms. The molecule has 0 fully saturated rings. The van der Waals surface area contributed by atoms with Crippen LogP contribution in [0.4, 0.5) is 0 Å². The molecule has 6 heteroatoms. The van der Waals surface area contributed by atoms with Crippen molar-refractivity contribution in [2.24, 2.45) is 5.73 Å². The maximum absolute atomic E-state index is 12.7. The predicted octanol–water partition coefficient (Wildman–Crippen LogP) is 4.22. The number of para-hydroxylation sites is 1. The Morgan fingerprint density at radius 3 is 2.53 bits per heavy atom. The molecule has 1 aliphatic heterocycles. The van der Waals surface area contributed by atoms with Gasteiger partial charge in [-0.3, -0.25) is 0 Å². The van der Waals surface area contributed by atoms with Crippen LogP contribution in [0.25, 0.3) is 0 Å². The van der Waals surface area contributed by atoms with Crippen molar-refractivity contribution >= 4 is 5.97 Å². The van der Waals surface area contributed by atoms with Gasteiger partial charge in [-0.1, -0.05) is 48.0 Å². The monoisotopic (exact) mass is 404 g/mol. The smallest absolute Gasteiger partial charge is 0.338 e. The van der Waals surface area contributed by atoms with Gasteiger partial charge in [0.2, 0.25) is 5.88 Å². The van der Waals surface area contributed by atoms with Gasteiger partial charge in [0.05, 0.1) is 18.1 Å². The fourth-order valence-corrected chi connectivity index (χ4v) is 3.36. The lowest BCUT2D eigenvalue weighted by Gasteiger charge is -2.28. The second-order valence-electron chi connectivity index (χ2n) is 6.93. The lowest BCUT2D eigenvalue weighted by molar-refractivity contribution is -0.139. The molecule has 2 aromatic rings. The van der Waals surface area contributed by atoms with Crippen LogP contribution in [-0.2, 0) is 20.9 Å². The number of benzene rings is 2. The molecule has 0 saturated carbocycles. The minimum atomic E-state index is -0.739. The van der Waals surface area contributed by atoms with Gasteiger partial charge in [-0.15, -0.1) is 0 Å². The Morgan fingerprint density at radius 1 is 1.17 bits per heavy atom. The summed E-state index contributed by atoms with van der Waals surface area (Å²) >= 11 is 0. The Hall–Kier alpha value is -3.72. The molecule has 0 aromatic heterocycles. The molecule has 2 N–H and O–H groups in total. The van der Waals surface area contributed by atoms with Crippen molar-refractivity contribution in [1.82, 2.24) is 0 Å². The van der Waals surface area contributed by atoms with Crippen LogP contribution in [0.1, 0.15) is 36.5 Å². The number of carbonyl (C=O) groups is 1. The first-order valence-corrected chi connectivity index (χ1v) is 9.69. The summed E-state index contributed by atoms with van der Waals surface area (Å²) in [7, 11) is 0. The zero-order valence-corrected chi connectivity index (χ0v) is 17.3. The van der Waals surface area contributed by atoms with Crippen LogP contribution in [0.2, 0.25) is 0 Å². The molecule has 1 atom stereocenters. The van der Waals surface area contributed by atoms with Gasteiger partial charge >= 0.3 is 5.97 Å². The number of nitriles is 1. The lowest BCUT2D eigenvalue weighted by atomic mass is 9.82. The number of hydrogen-bond donors (Lipinski definition) is 1. The molecule has 30 heavy (non-hydrogen) atoms. The summed E-state index contributed by atoms with van der Waals surface area (Å²) in [6, 6.07) is 17.4. The highest BCUT2D eigenvalue weighted by Crippen LogP contribution is 2.43. The van der Waals surface area contributed by atoms with Crippen LogP contribution in [0.15, 0.2) is 71.3 Å². The number of allylic oxidation sites excluding steroid dienone is 2. The van der Waals surface area contributed by atoms with Gasteiger partial charge in [0, 0.05) is 5.56 Å². The third kappa shape index (κ3) is 4.31. The first-order chi connectivity index (χ1) is 14.5. The van der Waals surface area contributed by atoms with Gasteiger partial charge in [0.1, 0.15) is 29.8 Å². The van der Waals surface area contributed by atoms with E-state index in [1.807, 2.05) is 55.5 Å². The topological polar surface area (TPSA) is 94.6 Å². The highest BCUT2D eigenvalue weighted by Gasteiger charge is 2.37. The van der Waals surface area contributed by atoms with Crippen molar-refractivity contribution in [3.8, 4) is 11.8 Å². The largest absolute Gasteiger partial charge is 0.489 e. The highest BCUT2D eigenvalue weighted by atomic mass is 16.5. The second kappa shape index (κ2) is 9.19. The number of aryl methyl sites for hydroxylation is 1. The van der Waals surface area contributed by atoms with E-state index in [0.717, 1.165) is 5.56 Å². The molecule has 0 radical (unpaired) electrons. The normalized spacial score (nSPS) is 16.0. The van der Waals surface area contributed by atoms with Gasteiger partial charge in [-0.2, -0.15) is 5.26 Å². The van der Waals surface area contributed by atoms with Gasteiger partial charge in [-0.25, -0.2) is 4.79 Å². The third-order valence-corrected chi connectivity index (χ3v) is 4.85. The van der Waals surface area contributed by atoms with Crippen LogP contribution >= 0.6 is 0 Å². The van der Waals surface area contributed by atoms with Crippen LogP contribution in [0.3, 0.4) is 0 Å². The minimum Gasteiger partial charge on any atom is -0.489 e.